The molecule has 1 amide bonds. The maximum Gasteiger partial charge on any atom is 0.228 e. The van der Waals surface area contributed by atoms with E-state index >= 15 is 0 Å². The topological polar surface area (TPSA) is 65.1 Å². The maximum atomic E-state index is 12.3. The first kappa shape index (κ1) is 15.6. The minimum absolute atomic E-state index is 0.0515. The van der Waals surface area contributed by atoms with E-state index in [1.54, 1.807) is 6.07 Å². The van der Waals surface area contributed by atoms with Gasteiger partial charge in [0.15, 0.2) is 0 Å². The Bertz CT molecular complexity index is 871. The second-order valence-corrected chi connectivity index (χ2v) is 5.97. The molecule has 3 aromatic rings. The number of aliphatic hydroxyl groups is 1. The standard InChI is InChI=1S/C18H17ClN2O2/c1-11-2-3-12(10-22)6-17(11)21-18(23)7-13-9-20-16-5-4-14(19)8-15(13)16/h2-6,8-9,20,22H,7,10H2,1H3,(H,21,23). The molecule has 23 heavy (non-hydrogen) atoms. The van der Waals surface area contributed by atoms with E-state index in [1.165, 1.54) is 0 Å². The zero-order chi connectivity index (χ0) is 16.4. The molecule has 0 bridgehead atoms. The van der Waals surface area contributed by atoms with Crippen molar-refractivity contribution in [3.63, 3.8) is 0 Å². The molecule has 1 heterocycles. The normalized spacial score (nSPS) is 10.9. The smallest absolute Gasteiger partial charge is 0.228 e. The van der Waals surface area contributed by atoms with Crippen molar-refractivity contribution >= 4 is 34.1 Å². The Morgan fingerprint density at radius 3 is 2.87 bits per heavy atom. The summed E-state index contributed by atoms with van der Waals surface area (Å²) in [5, 5.41) is 13.7. The Hall–Kier alpha value is -2.30. The molecule has 0 aliphatic carbocycles. The molecule has 2 aromatic carbocycles. The third kappa shape index (κ3) is 3.38. The monoisotopic (exact) mass is 328 g/mol. The highest BCUT2D eigenvalue weighted by Crippen LogP contribution is 2.23. The van der Waals surface area contributed by atoms with Crippen molar-refractivity contribution in [1.29, 1.82) is 0 Å². The summed E-state index contributed by atoms with van der Waals surface area (Å²) in [5.41, 5.74) is 4.30. The van der Waals surface area contributed by atoms with Crippen LogP contribution in [-0.2, 0) is 17.8 Å². The van der Waals surface area contributed by atoms with Gasteiger partial charge in [0.25, 0.3) is 0 Å². The van der Waals surface area contributed by atoms with E-state index in [4.69, 9.17) is 11.6 Å². The number of aliphatic hydroxyl groups excluding tert-OH is 1. The van der Waals surface area contributed by atoms with Gasteiger partial charge in [0.05, 0.1) is 13.0 Å². The van der Waals surface area contributed by atoms with Crippen molar-refractivity contribution in [1.82, 2.24) is 4.98 Å². The summed E-state index contributed by atoms with van der Waals surface area (Å²) < 4.78 is 0. The Kier molecular flexibility index (Phi) is 4.37. The van der Waals surface area contributed by atoms with Gasteiger partial charge >= 0.3 is 0 Å². The van der Waals surface area contributed by atoms with Crippen LogP contribution in [0.4, 0.5) is 5.69 Å². The van der Waals surface area contributed by atoms with Gasteiger partial charge in [0, 0.05) is 27.8 Å². The van der Waals surface area contributed by atoms with Gasteiger partial charge in [-0.15, -0.1) is 0 Å². The fourth-order valence-corrected chi connectivity index (χ4v) is 2.74. The van der Waals surface area contributed by atoms with Gasteiger partial charge in [-0.05, 0) is 47.9 Å². The van der Waals surface area contributed by atoms with Gasteiger partial charge in [-0.25, -0.2) is 0 Å². The molecular weight excluding hydrogens is 312 g/mol. The second-order valence-electron chi connectivity index (χ2n) is 5.54. The molecular formula is C18H17ClN2O2. The number of H-pyrrole nitrogens is 1. The quantitative estimate of drug-likeness (QED) is 0.682. The zero-order valence-electron chi connectivity index (χ0n) is 12.7. The van der Waals surface area contributed by atoms with Gasteiger partial charge in [0.2, 0.25) is 5.91 Å². The van der Waals surface area contributed by atoms with E-state index in [-0.39, 0.29) is 18.9 Å². The molecule has 0 saturated carbocycles. The number of hydrogen-bond donors (Lipinski definition) is 3. The zero-order valence-corrected chi connectivity index (χ0v) is 13.4. The number of rotatable bonds is 4. The number of carbonyl (C=O) groups excluding carboxylic acids is 1. The lowest BCUT2D eigenvalue weighted by atomic mass is 10.1. The largest absolute Gasteiger partial charge is 0.392 e. The molecule has 0 unspecified atom stereocenters. The molecule has 0 fully saturated rings. The summed E-state index contributed by atoms with van der Waals surface area (Å²) in [6.45, 7) is 1.87. The average Bonchev–Trinajstić information content (AvgIpc) is 2.91. The molecule has 1 aromatic heterocycles. The van der Waals surface area contributed by atoms with Gasteiger partial charge in [-0.2, -0.15) is 0 Å². The molecule has 0 saturated heterocycles. The molecule has 3 rings (SSSR count). The Morgan fingerprint density at radius 2 is 2.09 bits per heavy atom. The highest BCUT2D eigenvalue weighted by atomic mass is 35.5. The highest BCUT2D eigenvalue weighted by molar-refractivity contribution is 6.31. The molecule has 5 heteroatoms. The van der Waals surface area contributed by atoms with E-state index in [1.807, 2.05) is 43.5 Å². The van der Waals surface area contributed by atoms with Crippen molar-refractivity contribution < 1.29 is 9.90 Å². The van der Waals surface area contributed by atoms with Crippen LogP contribution in [0.2, 0.25) is 5.02 Å². The number of carbonyl (C=O) groups is 1. The minimum Gasteiger partial charge on any atom is -0.392 e. The number of nitrogens with one attached hydrogen (secondary N) is 2. The maximum absolute atomic E-state index is 12.3. The van der Waals surface area contributed by atoms with E-state index in [0.717, 1.165) is 33.3 Å². The SMILES string of the molecule is Cc1ccc(CO)cc1NC(=O)Cc1c[nH]c2ccc(Cl)cc12. The summed E-state index contributed by atoms with van der Waals surface area (Å²) in [5.74, 6) is -0.107. The van der Waals surface area contributed by atoms with E-state index in [0.29, 0.717) is 5.02 Å². The molecule has 4 nitrogen and oxygen atoms in total. The molecule has 3 N–H and O–H groups in total. The third-order valence-electron chi connectivity index (χ3n) is 3.84. The predicted molar refractivity (Wildman–Crippen MR) is 92.7 cm³/mol. The van der Waals surface area contributed by atoms with Crippen molar-refractivity contribution in [2.75, 3.05) is 5.32 Å². The number of halogens is 1. The van der Waals surface area contributed by atoms with Crippen LogP contribution in [-0.4, -0.2) is 16.0 Å². The first-order valence-electron chi connectivity index (χ1n) is 7.32. The lowest BCUT2D eigenvalue weighted by Crippen LogP contribution is -2.15. The summed E-state index contributed by atoms with van der Waals surface area (Å²) in [6.07, 6.45) is 2.08. The van der Waals surface area contributed by atoms with Crippen molar-refractivity contribution in [2.24, 2.45) is 0 Å². The van der Waals surface area contributed by atoms with E-state index in [2.05, 4.69) is 10.3 Å². The Balaban J connectivity index is 1.80. The molecule has 0 aliphatic heterocycles. The van der Waals surface area contributed by atoms with Crippen LogP contribution < -0.4 is 5.32 Å². The van der Waals surface area contributed by atoms with E-state index in [9.17, 15) is 9.90 Å². The summed E-state index contributed by atoms with van der Waals surface area (Å²) in [4.78, 5) is 15.5. The average molecular weight is 329 g/mol. The number of aromatic amines is 1. The van der Waals surface area contributed by atoms with Crippen LogP contribution in [0.5, 0.6) is 0 Å². The van der Waals surface area contributed by atoms with Gasteiger partial charge in [-0.3, -0.25) is 4.79 Å². The number of aryl methyl sites for hydroxylation is 1. The number of benzene rings is 2. The number of fused-ring (bicyclic) bond motifs is 1. The molecule has 0 radical (unpaired) electrons. The number of anilines is 1. The van der Waals surface area contributed by atoms with Crippen LogP contribution in [0.15, 0.2) is 42.6 Å². The lowest BCUT2D eigenvalue weighted by molar-refractivity contribution is -0.115. The van der Waals surface area contributed by atoms with Gasteiger partial charge in [0.1, 0.15) is 0 Å². The van der Waals surface area contributed by atoms with Crippen LogP contribution >= 0.6 is 11.6 Å². The van der Waals surface area contributed by atoms with Gasteiger partial charge in [-0.1, -0.05) is 23.7 Å². The molecule has 0 spiro atoms. The fourth-order valence-electron chi connectivity index (χ4n) is 2.57. The Labute approximate surface area is 139 Å². The molecule has 0 atom stereocenters. The van der Waals surface area contributed by atoms with Crippen LogP contribution in [0, 0.1) is 6.92 Å². The van der Waals surface area contributed by atoms with E-state index < -0.39 is 0 Å². The van der Waals surface area contributed by atoms with Gasteiger partial charge < -0.3 is 15.4 Å². The number of hydrogen-bond acceptors (Lipinski definition) is 2. The minimum atomic E-state index is -0.107. The summed E-state index contributed by atoms with van der Waals surface area (Å²) in [7, 11) is 0. The Morgan fingerprint density at radius 1 is 1.26 bits per heavy atom. The number of amides is 1. The first-order valence-corrected chi connectivity index (χ1v) is 7.70. The lowest BCUT2D eigenvalue weighted by Gasteiger charge is -2.10. The van der Waals surface area contributed by atoms with Crippen molar-refractivity contribution in [3.8, 4) is 0 Å². The number of aromatic nitrogens is 1. The first-order chi connectivity index (χ1) is 11.1. The third-order valence-corrected chi connectivity index (χ3v) is 4.07. The van der Waals surface area contributed by atoms with Crippen molar-refractivity contribution in [2.45, 2.75) is 20.0 Å². The summed E-state index contributed by atoms with van der Waals surface area (Å²) >= 11 is 6.03. The molecule has 118 valence electrons. The highest BCUT2D eigenvalue weighted by Gasteiger charge is 2.11. The van der Waals surface area contributed by atoms with Crippen molar-refractivity contribution in [3.05, 3.63) is 64.3 Å². The second kappa shape index (κ2) is 6.44. The van der Waals surface area contributed by atoms with Crippen LogP contribution in [0.1, 0.15) is 16.7 Å². The fraction of sp³-hybridized carbons (Fsp3) is 0.167. The van der Waals surface area contributed by atoms with Crippen LogP contribution in [0.25, 0.3) is 10.9 Å². The molecule has 0 aliphatic rings. The van der Waals surface area contributed by atoms with Crippen LogP contribution in [0.3, 0.4) is 0 Å². The predicted octanol–water partition coefficient (Wildman–Crippen LogP) is 3.80. The summed E-state index contributed by atoms with van der Waals surface area (Å²) in [6, 6.07) is 11.1.